The van der Waals surface area contributed by atoms with Crippen molar-refractivity contribution in [2.45, 2.75) is 12.8 Å². The van der Waals surface area contributed by atoms with E-state index in [9.17, 15) is 13.2 Å². The van der Waals surface area contributed by atoms with Gasteiger partial charge in [-0.3, -0.25) is 4.79 Å². The van der Waals surface area contributed by atoms with Crippen LogP contribution in [-0.4, -0.2) is 26.2 Å². The van der Waals surface area contributed by atoms with E-state index in [-0.39, 0.29) is 18.0 Å². The van der Waals surface area contributed by atoms with Crippen LogP contribution in [0, 0.1) is 0 Å². The molecule has 1 aromatic carbocycles. The zero-order valence-electron chi connectivity index (χ0n) is 8.94. The first-order chi connectivity index (χ1) is 7.37. The maximum Gasteiger partial charge on any atom is 0.147 e. The fourth-order valence-electron chi connectivity index (χ4n) is 1.22. The fraction of sp³-hybridized carbons (Fsp3) is 0.364. The summed E-state index contributed by atoms with van der Waals surface area (Å²) in [5.74, 6) is -0.115. The van der Waals surface area contributed by atoms with Crippen molar-refractivity contribution >= 4 is 31.6 Å². The Hall–Kier alpha value is -0.680. The molecule has 0 atom stereocenters. The Labute approximate surface area is 104 Å². The van der Waals surface area contributed by atoms with Crippen molar-refractivity contribution in [3.63, 3.8) is 0 Å². The van der Waals surface area contributed by atoms with Gasteiger partial charge in [0.2, 0.25) is 0 Å². The Kier molecular flexibility index (Phi) is 4.68. The topological polar surface area (TPSA) is 51.2 Å². The minimum atomic E-state index is -3.05. The van der Waals surface area contributed by atoms with E-state index >= 15 is 0 Å². The number of benzene rings is 1. The smallest absolute Gasteiger partial charge is 0.147 e. The first kappa shape index (κ1) is 13.4. The Bertz CT molecular complexity index is 463. The molecule has 16 heavy (non-hydrogen) atoms. The highest BCUT2D eigenvalue weighted by molar-refractivity contribution is 9.10. The summed E-state index contributed by atoms with van der Waals surface area (Å²) < 4.78 is 22.7. The third-order valence-corrected chi connectivity index (χ3v) is 3.54. The lowest BCUT2D eigenvalue weighted by atomic mass is 10.1. The Morgan fingerprint density at radius 1 is 1.25 bits per heavy atom. The van der Waals surface area contributed by atoms with Gasteiger partial charge in [0.15, 0.2) is 0 Å². The van der Waals surface area contributed by atoms with Gasteiger partial charge in [-0.25, -0.2) is 8.42 Å². The van der Waals surface area contributed by atoms with Gasteiger partial charge in [-0.1, -0.05) is 28.1 Å². The Balaban J connectivity index is 2.49. The van der Waals surface area contributed by atoms with Crippen molar-refractivity contribution in [1.29, 1.82) is 0 Å². The van der Waals surface area contributed by atoms with Crippen LogP contribution in [0.1, 0.15) is 12.0 Å². The van der Waals surface area contributed by atoms with E-state index < -0.39 is 9.84 Å². The average molecular weight is 305 g/mol. The van der Waals surface area contributed by atoms with Gasteiger partial charge in [0, 0.05) is 23.6 Å². The largest absolute Gasteiger partial charge is 0.299 e. The lowest BCUT2D eigenvalue weighted by Gasteiger charge is -2.01. The second kappa shape index (κ2) is 5.59. The number of hydrogen-bond acceptors (Lipinski definition) is 3. The van der Waals surface area contributed by atoms with Gasteiger partial charge in [0.1, 0.15) is 15.6 Å². The van der Waals surface area contributed by atoms with Gasteiger partial charge < -0.3 is 0 Å². The van der Waals surface area contributed by atoms with Crippen LogP contribution in [0.4, 0.5) is 0 Å². The molecule has 3 nitrogen and oxygen atoms in total. The summed E-state index contributed by atoms with van der Waals surface area (Å²) in [5, 5.41) is 0. The van der Waals surface area contributed by atoms with E-state index in [1.165, 1.54) is 0 Å². The molecular formula is C11H13BrO3S. The van der Waals surface area contributed by atoms with Gasteiger partial charge in [0.25, 0.3) is 0 Å². The predicted octanol–water partition coefficient (Wildman–Crippen LogP) is 2.00. The molecule has 0 aromatic heterocycles. The van der Waals surface area contributed by atoms with Gasteiger partial charge in [0.05, 0.1) is 5.75 Å². The van der Waals surface area contributed by atoms with E-state index in [4.69, 9.17) is 0 Å². The van der Waals surface area contributed by atoms with Crippen molar-refractivity contribution in [1.82, 2.24) is 0 Å². The average Bonchev–Trinajstić information content (AvgIpc) is 2.18. The van der Waals surface area contributed by atoms with E-state index in [2.05, 4.69) is 15.9 Å². The highest BCUT2D eigenvalue weighted by Crippen LogP contribution is 2.11. The molecule has 0 bridgehead atoms. The molecule has 0 saturated heterocycles. The maximum absolute atomic E-state index is 11.5. The quantitative estimate of drug-likeness (QED) is 0.836. The number of carbonyl (C=O) groups is 1. The summed E-state index contributed by atoms with van der Waals surface area (Å²) in [6.07, 6.45) is 1.53. The molecule has 0 N–H and O–H groups in total. The number of hydrogen-bond donors (Lipinski definition) is 0. The third-order valence-electron chi connectivity index (χ3n) is 2.07. The van der Waals surface area contributed by atoms with Gasteiger partial charge >= 0.3 is 0 Å². The molecule has 0 fully saturated rings. The van der Waals surface area contributed by atoms with Crippen LogP contribution in [0.3, 0.4) is 0 Å². The summed E-state index contributed by atoms with van der Waals surface area (Å²) in [6, 6.07) is 7.42. The normalized spacial score (nSPS) is 11.4. The number of halogens is 1. The van der Waals surface area contributed by atoms with Crippen molar-refractivity contribution in [2.24, 2.45) is 0 Å². The minimum Gasteiger partial charge on any atom is -0.299 e. The molecule has 0 heterocycles. The van der Waals surface area contributed by atoms with Gasteiger partial charge in [-0.2, -0.15) is 0 Å². The molecule has 0 radical (unpaired) electrons. The standard InChI is InChI=1S/C11H13BrO3S/c1-16(14,15)7-6-11(13)8-9-2-4-10(12)5-3-9/h2-5H,6-8H2,1H3. The molecule has 88 valence electrons. The molecule has 0 amide bonds. The molecule has 0 aliphatic rings. The highest BCUT2D eigenvalue weighted by atomic mass is 79.9. The lowest BCUT2D eigenvalue weighted by Crippen LogP contribution is -2.11. The summed E-state index contributed by atoms with van der Waals surface area (Å²) in [7, 11) is -3.05. The fourth-order valence-corrected chi connectivity index (χ4v) is 2.08. The zero-order valence-corrected chi connectivity index (χ0v) is 11.3. The van der Waals surface area contributed by atoms with Crippen molar-refractivity contribution in [2.75, 3.05) is 12.0 Å². The number of rotatable bonds is 5. The third kappa shape index (κ3) is 5.42. The van der Waals surface area contributed by atoms with E-state index in [0.29, 0.717) is 6.42 Å². The zero-order chi connectivity index (χ0) is 12.2. The Morgan fingerprint density at radius 2 is 1.81 bits per heavy atom. The molecule has 0 spiro atoms. The molecular weight excluding hydrogens is 292 g/mol. The van der Waals surface area contributed by atoms with Crippen LogP contribution >= 0.6 is 15.9 Å². The first-order valence-electron chi connectivity index (χ1n) is 4.81. The summed E-state index contributed by atoms with van der Waals surface area (Å²) in [4.78, 5) is 11.5. The molecule has 1 aromatic rings. The molecule has 0 saturated carbocycles. The number of sulfone groups is 1. The van der Waals surface area contributed by atoms with E-state index in [0.717, 1.165) is 16.3 Å². The van der Waals surface area contributed by atoms with Crippen molar-refractivity contribution < 1.29 is 13.2 Å². The van der Waals surface area contributed by atoms with Gasteiger partial charge in [-0.15, -0.1) is 0 Å². The lowest BCUT2D eigenvalue weighted by molar-refractivity contribution is -0.118. The second-order valence-electron chi connectivity index (χ2n) is 3.72. The van der Waals surface area contributed by atoms with Crippen LogP contribution in [0.5, 0.6) is 0 Å². The minimum absolute atomic E-state index is 0.0484. The number of carbonyl (C=O) groups excluding carboxylic acids is 1. The van der Waals surface area contributed by atoms with Crippen LogP contribution in [0.15, 0.2) is 28.7 Å². The second-order valence-corrected chi connectivity index (χ2v) is 6.90. The predicted molar refractivity (Wildman–Crippen MR) is 67.2 cm³/mol. The van der Waals surface area contributed by atoms with Crippen LogP contribution in [-0.2, 0) is 21.1 Å². The number of ketones is 1. The molecule has 0 aliphatic carbocycles. The highest BCUT2D eigenvalue weighted by Gasteiger charge is 2.08. The van der Waals surface area contributed by atoms with Crippen molar-refractivity contribution in [3.05, 3.63) is 34.3 Å². The van der Waals surface area contributed by atoms with Crippen LogP contribution in [0.25, 0.3) is 0 Å². The van der Waals surface area contributed by atoms with Crippen molar-refractivity contribution in [3.8, 4) is 0 Å². The Morgan fingerprint density at radius 3 is 2.31 bits per heavy atom. The molecule has 1 rings (SSSR count). The van der Waals surface area contributed by atoms with Crippen LogP contribution in [0.2, 0.25) is 0 Å². The molecule has 0 aliphatic heterocycles. The number of Topliss-reactive ketones (excluding diaryl/α,β-unsaturated/α-hetero) is 1. The summed E-state index contributed by atoms with van der Waals surface area (Å²) in [6.45, 7) is 0. The summed E-state index contributed by atoms with van der Waals surface area (Å²) >= 11 is 3.30. The van der Waals surface area contributed by atoms with E-state index in [1.807, 2.05) is 24.3 Å². The van der Waals surface area contributed by atoms with Gasteiger partial charge in [-0.05, 0) is 17.7 Å². The molecule has 0 unspecified atom stereocenters. The maximum atomic E-state index is 11.5. The monoisotopic (exact) mass is 304 g/mol. The van der Waals surface area contributed by atoms with Crippen LogP contribution < -0.4 is 0 Å². The SMILES string of the molecule is CS(=O)(=O)CCC(=O)Cc1ccc(Br)cc1. The summed E-state index contributed by atoms with van der Waals surface area (Å²) in [5.41, 5.74) is 0.904. The first-order valence-corrected chi connectivity index (χ1v) is 7.66. The molecule has 5 heteroatoms. The van der Waals surface area contributed by atoms with E-state index in [1.54, 1.807) is 0 Å².